The zero-order chi connectivity index (χ0) is 21.2. The Kier molecular flexibility index (Phi) is 6.10. The number of nitrogens with one attached hydrogen (secondary N) is 1. The summed E-state index contributed by atoms with van der Waals surface area (Å²) in [6.07, 6.45) is 1.66. The highest BCUT2D eigenvalue weighted by Crippen LogP contribution is 2.28. The van der Waals surface area contributed by atoms with Gasteiger partial charge in [0.15, 0.2) is 5.16 Å². The van der Waals surface area contributed by atoms with Gasteiger partial charge in [-0.05, 0) is 18.4 Å². The molecule has 2 aromatic heterocycles. The van der Waals surface area contributed by atoms with Crippen LogP contribution in [-0.2, 0) is 10.0 Å². The zero-order valence-corrected chi connectivity index (χ0v) is 17.6. The number of aromatic nitrogens is 5. The Bertz CT molecular complexity index is 1120. The minimum absolute atomic E-state index is 0.0246. The average molecular weight is 461 g/mol. The number of hydrogen-bond acceptors (Lipinski definition) is 9. The summed E-state index contributed by atoms with van der Waals surface area (Å²) in [6.45, 7) is 0. The van der Waals surface area contributed by atoms with E-state index in [1.807, 2.05) is 0 Å². The van der Waals surface area contributed by atoms with E-state index < -0.39 is 26.7 Å². The number of benzene rings is 1. The molecule has 1 N–H and O–H groups in total. The normalized spacial score (nSPS) is 11.3. The lowest BCUT2D eigenvalue weighted by Gasteiger charge is -2.08. The van der Waals surface area contributed by atoms with Crippen molar-refractivity contribution in [1.82, 2.24) is 24.7 Å². The maximum atomic E-state index is 14.0. The molecule has 0 fully saturated rings. The first kappa shape index (κ1) is 21.1. The molecular weight excluding hydrogens is 447 g/mol. The maximum Gasteiger partial charge on any atom is 0.299 e. The highest BCUT2D eigenvalue weighted by Gasteiger charge is 2.26. The number of anilines is 1. The first-order valence-electron chi connectivity index (χ1n) is 7.74. The van der Waals surface area contributed by atoms with Crippen LogP contribution >= 0.6 is 23.4 Å². The predicted molar refractivity (Wildman–Crippen MR) is 104 cm³/mol. The molecule has 2 heterocycles. The summed E-state index contributed by atoms with van der Waals surface area (Å²) < 4.78 is 52.7. The highest BCUT2D eigenvalue weighted by molar-refractivity contribution is 7.98. The van der Waals surface area contributed by atoms with Crippen LogP contribution in [0, 0.1) is 5.82 Å². The van der Waals surface area contributed by atoms with E-state index in [9.17, 15) is 12.8 Å². The van der Waals surface area contributed by atoms with Crippen molar-refractivity contribution < 1.29 is 22.3 Å². The van der Waals surface area contributed by atoms with Gasteiger partial charge in [-0.25, -0.2) is 4.39 Å². The number of para-hydroxylation sites is 1. The fourth-order valence-corrected chi connectivity index (χ4v) is 3.89. The Morgan fingerprint density at radius 1 is 1.17 bits per heavy atom. The van der Waals surface area contributed by atoms with Crippen molar-refractivity contribution in [2.75, 3.05) is 25.2 Å². The third-order valence-corrected chi connectivity index (χ3v) is 5.53. The predicted octanol–water partition coefficient (Wildman–Crippen LogP) is 2.39. The molecule has 14 heteroatoms. The molecule has 0 bridgehead atoms. The second-order valence-corrected chi connectivity index (χ2v) is 8.00. The van der Waals surface area contributed by atoms with Crippen molar-refractivity contribution in [3.8, 4) is 17.7 Å². The molecule has 3 rings (SSSR count). The lowest BCUT2D eigenvalue weighted by atomic mass is 10.3. The van der Waals surface area contributed by atoms with Crippen LogP contribution in [0.5, 0.6) is 11.8 Å². The summed E-state index contributed by atoms with van der Waals surface area (Å²) in [7, 11) is -1.55. The van der Waals surface area contributed by atoms with Crippen LogP contribution in [0.3, 0.4) is 0 Å². The molecule has 0 aliphatic rings. The molecule has 0 spiro atoms. The Balaban J connectivity index is 2.06. The number of methoxy groups -OCH3 is 2. The van der Waals surface area contributed by atoms with Gasteiger partial charge in [0.2, 0.25) is 11.8 Å². The summed E-state index contributed by atoms with van der Waals surface area (Å²) in [4.78, 5) is 12.2. The lowest BCUT2D eigenvalue weighted by molar-refractivity contribution is 0.369. The Labute approximate surface area is 174 Å². The van der Waals surface area contributed by atoms with Gasteiger partial charge in [0, 0.05) is 0 Å². The van der Waals surface area contributed by atoms with E-state index >= 15 is 0 Å². The van der Waals surface area contributed by atoms with Crippen LogP contribution in [0.25, 0.3) is 5.95 Å². The number of nitrogens with zero attached hydrogens (tertiary/aromatic N) is 5. The first-order valence-corrected chi connectivity index (χ1v) is 10.8. The third-order valence-electron chi connectivity index (χ3n) is 3.46. The van der Waals surface area contributed by atoms with Crippen LogP contribution in [0.15, 0.2) is 34.6 Å². The van der Waals surface area contributed by atoms with Gasteiger partial charge in [-0.3, -0.25) is 4.72 Å². The Morgan fingerprint density at radius 2 is 1.83 bits per heavy atom. The third kappa shape index (κ3) is 4.36. The van der Waals surface area contributed by atoms with E-state index in [1.165, 1.54) is 32.4 Å². The maximum absolute atomic E-state index is 14.0. The largest absolute Gasteiger partial charge is 0.481 e. The second-order valence-electron chi connectivity index (χ2n) is 5.25. The van der Waals surface area contributed by atoms with Crippen LogP contribution in [0.4, 0.5) is 10.1 Å². The van der Waals surface area contributed by atoms with Gasteiger partial charge in [-0.1, -0.05) is 29.4 Å². The zero-order valence-electron chi connectivity index (χ0n) is 15.3. The van der Waals surface area contributed by atoms with E-state index in [2.05, 4.69) is 24.8 Å². The molecule has 0 atom stereocenters. The Hall–Kier alpha value is -2.64. The molecule has 0 saturated carbocycles. The van der Waals surface area contributed by atoms with Gasteiger partial charge in [0.25, 0.3) is 21.1 Å². The molecule has 0 unspecified atom stereocenters. The van der Waals surface area contributed by atoms with Crippen LogP contribution in [0.2, 0.25) is 5.02 Å². The monoisotopic (exact) mass is 460 g/mol. The van der Waals surface area contributed by atoms with Crippen molar-refractivity contribution >= 4 is 39.1 Å². The van der Waals surface area contributed by atoms with Gasteiger partial charge < -0.3 is 9.47 Å². The van der Waals surface area contributed by atoms with Gasteiger partial charge in [-0.15, -0.1) is 5.10 Å². The molecule has 154 valence electrons. The summed E-state index contributed by atoms with van der Waals surface area (Å²) in [5.41, 5.74) is -0.407. The van der Waals surface area contributed by atoms with Crippen molar-refractivity contribution in [3.63, 3.8) is 0 Å². The van der Waals surface area contributed by atoms with Gasteiger partial charge in [0.1, 0.15) is 11.5 Å². The number of hydrogen-bond donors (Lipinski definition) is 1. The molecule has 0 amide bonds. The minimum atomic E-state index is -4.36. The van der Waals surface area contributed by atoms with Crippen LogP contribution in [0.1, 0.15) is 0 Å². The van der Waals surface area contributed by atoms with E-state index in [4.69, 9.17) is 21.1 Å². The van der Waals surface area contributed by atoms with Gasteiger partial charge in [0.05, 0.1) is 25.3 Å². The molecule has 0 saturated heterocycles. The molecule has 29 heavy (non-hydrogen) atoms. The smallest absolute Gasteiger partial charge is 0.299 e. The summed E-state index contributed by atoms with van der Waals surface area (Å²) in [5, 5.41) is 3.40. The number of ether oxygens (including phenoxy) is 2. The SMILES string of the molecule is COc1cc(OC)nc(-n2nc(S(=O)(=O)Nc3c(F)cccc3Cl)nc2SC)n1. The van der Waals surface area contributed by atoms with E-state index in [1.54, 1.807) is 6.26 Å². The first-order chi connectivity index (χ1) is 13.8. The van der Waals surface area contributed by atoms with Crippen LogP contribution in [-0.4, -0.2) is 53.6 Å². The number of halogens is 2. The number of rotatable bonds is 7. The summed E-state index contributed by atoms with van der Waals surface area (Å²) >= 11 is 6.99. The second kappa shape index (κ2) is 8.39. The van der Waals surface area contributed by atoms with E-state index in [0.717, 1.165) is 22.5 Å². The topological polar surface area (TPSA) is 121 Å². The average Bonchev–Trinajstić information content (AvgIpc) is 3.16. The van der Waals surface area contributed by atoms with Gasteiger partial charge in [-0.2, -0.15) is 28.1 Å². The number of sulfonamides is 1. The molecular formula is C15H14ClFN6O4S2. The van der Waals surface area contributed by atoms with Gasteiger partial charge >= 0.3 is 0 Å². The van der Waals surface area contributed by atoms with E-state index in [0.29, 0.717) is 0 Å². The van der Waals surface area contributed by atoms with Crippen molar-refractivity contribution in [3.05, 3.63) is 35.1 Å². The molecule has 1 aromatic carbocycles. The lowest BCUT2D eigenvalue weighted by Crippen LogP contribution is -2.16. The highest BCUT2D eigenvalue weighted by atomic mass is 35.5. The standard InChI is InChI=1S/C15H14ClFN6O4S2/c1-26-10-7-11(27-2)19-13(18-10)23-15(28-3)20-14(21-23)29(24,25)22-12-8(16)5-4-6-9(12)17/h4-7,22H,1-3H3. The summed E-state index contributed by atoms with van der Waals surface area (Å²) in [5.74, 6) is -0.514. The van der Waals surface area contributed by atoms with E-state index in [-0.39, 0.29) is 27.9 Å². The molecule has 3 aromatic rings. The molecule has 10 nitrogen and oxygen atoms in total. The van der Waals surface area contributed by atoms with Crippen LogP contribution < -0.4 is 14.2 Å². The van der Waals surface area contributed by atoms with Crippen molar-refractivity contribution in [1.29, 1.82) is 0 Å². The quantitative estimate of drug-likeness (QED) is 0.529. The fraction of sp³-hybridized carbons (Fsp3) is 0.200. The Morgan fingerprint density at radius 3 is 2.38 bits per heavy atom. The minimum Gasteiger partial charge on any atom is -0.481 e. The van der Waals surface area contributed by atoms with Crippen molar-refractivity contribution in [2.24, 2.45) is 0 Å². The number of thioether (sulfide) groups is 1. The molecule has 0 aliphatic heterocycles. The van der Waals surface area contributed by atoms with Crippen molar-refractivity contribution in [2.45, 2.75) is 10.3 Å². The molecule has 0 radical (unpaired) electrons. The fourth-order valence-electron chi connectivity index (χ4n) is 2.13. The molecule has 0 aliphatic carbocycles. The summed E-state index contributed by atoms with van der Waals surface area (Å²) in [6, 6.07) is 5.21.